The molecule has 46 heavy (non-hydrogen) atoms. The predicted octanol–water partition coefficient (Wildman–Crippen LogP) is 9.34. The molecule has 0 nitrogen and oxygen atoms in total. The first-order valence-corrected chi connectivity index (χ1v) is 17.6. The normalized spacial score (nSPS) is 18.3. The van der Waals surface area contributed by atoms with Crippen molar-refractivity contribution in [2.24, 2.45) is 5.41 Å². The van der Waals surface area contributed by atoms with Crippen LogP contribution in [0.5, 0.6) is 0 Å². The van der Waals surface area contributed by atoms with Crippen molar-refractivity contribution >= 4 is 14.9 Å². The van der Waals surface area contributed by atoms with Gasteiger partial charge in [-0.3, -0.25) is 0 Å². The van der Waals surface area contributed by atoms with E-state index in [0.717, 1.165) is 6.42 Å². The molecule has 0 aromatic heterocycles. The van der Waals surface area contributed by atoms with Crippen molar-refractivity contribution in [2.45, 2.75) is 58.8 Å². The summed E-state index contributed by atoms with van der Waals surface area (Å²) in [6, 6.07) is 39.1. The van der Waals surface area contributed by atoms with Crippen LogP contribution in [-0.2, 0) is 35.1 Å². The van der Waals surface area contributed by atoms with Gasteiger partial charge in [-0.25, -0.2) is 0 Å². The summed E-state index contributed by atoms with van der Waals surface area (Å²) in [5.41, 5.74) is 10.7. The standard InChI is InChI=1S/C32H33.C13H10.Zr/c1-30(2,3)25-16-17-26-23(20-25)21-28-27(26)18-19-32(31(4,5)6,24-14-8-7-9-15-24)29(28)22-12-10-11-13-22;1-3-7-12(8-4-1)11-13-9-5-2-6-10-13;/h7-12,14-20H,13H2,1-6H3;1-10H;/q-1;;. The fraction of sp³-hybridized carbons (Fsp3) is 0.222. The second-order valence-corrected chi connectivity index (χ2v) is 15.7. The first-order chi connectivity index (χ1) is 22.0. The Labute approximate surface area is 290 Å². The van der Waals surface area contributed by atoms with Gasteiger partial charge in [0.2, 0.25) is 0 Å². The van der Waals surface area contributed by atoms with E-state index in [0.29, 0.717) is 0 Å². The van der Waals surface area contributed by atoms with Gasteiger partial charge in [-0.05, 0) is 22.8 Å². The van der Waals surface area contributed by atoms with Crippen LogP contribution in [0.4, 0.5) is 0 Å². The van der Waals surface area contributed by atoms with Gasteiger partial charge in [0.05, 0.1) is 0 Å². The molecule has 1 unspecified atom stereocenters. The Kier molecular flexibility index (Phi) is 9.02. The van der Waals surface area contributed by atoms with Crippen molar-refractivity contribution in [2.75, 3.05) is 0 Å². The van der Waals surface area contributed by atoms with Crippen molar-refractivity contribution in [3.63, 3.8) is 0 Å². The predicted molar refractivity (Wildman–Crippen MR) is 193 cm³/mol. The average Bonchev–Trinajstić information content (AvgIpc) is 3.72. The summed E-state index contributed by atoms with van der Waals surface area (Å²) < 4.78 is 1.42. The first kappa shape index (κ1) is 32.3. The molecule has 0 saturated carbocycles. The van der Waals surface area contributed by atoms with E-state index in [4.69, 9.17) is 0 Å². The SMILES string of the molecule is CC(C)(C)c1ccc2c(c1)=[C-]C1=C(C3=CC=CC3)C(c3ccccc3)(C(C)(C)C)C=CC=21.[Zr]=[C](c1ccccc1)c1ccccc1. The summed E-state index contributed by atoms with van der Waals surface area (Å²) in [7, 11) is 0. The summed E-state index contributed by atoms with van der Waals surface area (Å²) in [4.78, 5) is 0. The Balaban J connectivity index is 0.000000221. The Morgan fingerprint density at radius 3 is 1.85 bits per heavy atom. The van der Waals surface area contributed by atoms with Gasteiger partial charge in [0.15, 0.2) is 0 Å². The molecule has 228 valence electrons. The Morgan fingerprint density at radius 1 is 0.739 bits per heavy atom. The quantitative estimate of drug-likeness (QED) is 0.189. The molecule has 0 radical (unpaired) electrons. The maximum atomic E-state index is 3.90. The molecule has 0 fully saturated rings. The summed E-state index contributed by atoms with van der Waals surface area (Å²) in [6.45, 7) is 14.0. The van der Waals surface area contributed by atoms with Crippen LogP contribution < -0.4 is 10.4 Å². The average molecular weight is 675 g/mol. The number of hydrogen-bond donors (Lipinski definition) is 0. The number of benzene rings is 4. The van der Waals surface area contributed by atoms with Crippen LogP contribution in [0, 0.1) is 5.41 Å². The number of rotatable bonds is 4. The van der Waals surface area contributed by atoms with E-state index in [9.17, 15) is 0 Å². The zero-order chi connectivity index (χ0) is 32.5. The zero-order valence-electron chi connectivity index (χ0n) is 28.0. The maximum absolute atomic E-state index is 3.90. The van der Waals surface area contributed by atoms with Crippen molar-refractivity contribution in [1.82, 2.24) is 0 Å². The molecule has 1 heteroatoms. The van der Waals surface area contributed by atoms with E-state index < -0.39 is 0 Å². The fourth-order valence-electron chi connectivity index (χ4n) is 6.97. The van der Waals surface area contributed by atoms with Gasteiger partial charge in [0.1, 0.15) is 0 Å². The Morgan fingerprint density at radius 2 is 1.33 bits per heavy atom. The van der Waals surface area contributed by atoms with Gasteiger partial charge in [-0.1, -0.05) is 131 Å². The molecule has 0 amide bonds. The number of fused-ring (bicyclic) bond motifs is 2. The van der Waals surface area contributed by atoms with E-state index >= 15 is 0 Å². The summed E-state index contributed by atoms with van der Waals surface area (Å²) in [5.74, 6) is 0. The van der Waals surface area contributed by atoms with E-state index in [2.05, 4.69) is 187 Å². The van der Waals surface area contributed by atoms with Crippen LogP contribution in [0.25, 0.3) is 11.6 Å². The molecule has 1 atom stereocenters. The second kappa shape index (κ2) is 12.9. The van der Waals surface area contributed by atoms with Crippen molar-refractivity contribution in [3.8, 4) is 0 Å². The fourth-order valence-corrected chi connectivity index (χ4v) is 7.79. The van der Waals surface area contributed by atoms with E-state index in [1.807, 2.05) is 0 Å². The van der Waals surface area contributed by atoms with Crippen molar-refractivity contribution in [3.05, 3.63) is 189 Å². The van der Waals surface area contributed by atoms with Gasteiger partial charge in [0, 0.05) is 5.41 Å². The molecule has 0 aliphatic heterocycles. The molecular formula is C45H43Zr-. The molecular weight excluding hydrogens is 632 g/mol. The summed E-state index contributed by atoms with van der Waals surface area (Å²) >= 11 is 1.46. The molecule has 4 aromatic carbocycles. The Bertz CT molecular complexity index is 1960. The van der Waals surface area contributed by atoms with Crippen molar-refractivity contribution in [1.29, 1.82) is 0 Å². The molecule has 3 aliphatic carbocycles. The third-order valence-electron chi connectivity index (χ3n) is 9.48. The number of hydrogen-bond acceptors (Lipinski definition) is 0. The molecule has 0 N–H and O–H groups in total. The first-order valence-electron chi connectivity index (χ1n) is 16.3. The van der Waals surface area contributed by atoms with Crippen LogP contribution in [0.3, 0.4) is 0 Å². The van der Waals surface area contributed by atoms with Gasteiger partial charge < -0.3 is 0 Å². The second-order valence-electron chi connectivity index (χ2n) is 14.5. The molecule has 0 spiro atoms. The third kappa shape index (κ3) is 6.08. The van der Waals surface area contributed by atoms with Gasteiger partial charge in [-0.2, -0.15) is 0 Å². The molecule has 0 bridgehead atoms. The number of allylic oxidation sites excluding steroid dienone is 8. The molecule has 0 saturated heterocycles. The minimum absolute atomic E-state index is 0.00479. The third-order valence-corrected chi connectivity index (χ3v) is 10.9. The van der Waals surface area contributed by atoms with Crippen LogP contribution >= 0.6 is 0 Å². The van der Waals surface area contributed by atoms with E-state index in [1.165, 1.54) is 82.4 Å². The van der Waals surface area contributed by atoms with Crippen molar-refractivity contribution < 1.29 is 24.2 Å². The Hall–Kier alpha value is -3.67. The summed E-state index contributed by atoms with van der Waals surface area (Å²) in [6.07, 6.45) is 16.5. The van der Waals surface area contributed by atoms with Gasteiger partial charge in [0.25, 0.3) is 0 Å². The van der Waals surface area contributed by atoms with E-state index in [-0.39, 0.29) is 16.2 Å². The topological polar surface area (TPSA) is 0 Å². The molecule has 4 aromatic rings. The summed E-state index contributed by atoms with van der Waals surface area (Å²) in [5, 5.41) is 2.54. The zero-order valence-corrected chi connectivity index (χ0v) is 30.4. The molecule has 3 aliphatic rings. The van der Waals surface area contributed by atoms with E-state index in [1.54, 1.807) is 0 Å². The monoisotopic (exact) mass is 673 g/mol. The van der Waals surface area contributed by atoms with Crippen LogP contribution in [0.2, 0.25) is 0 Å². The molecule has 0 heterocycles. The molecule has 7 rings (SSSR count). The van der Waals surface area contributed by atoms with Crippen LogP contribution in [0.1, 0.15) is 70.2 Å². The van der Waals surface area contributed by atoms with Crippen LogP contribution in [0.15, 0.2) is 156 Å². The van der Waals surface area contributed by atoms with Gasteiger partial charge in [-0.15, -0.1) is 33.7 Å². The van der Waals surface area contributed by atoms with Gasteiger partial charge >= 0.3 is 99.2 Å². The minimum atomic E-state index is -0.215. The van der Waals surface area contributed by atoms with Crippen LogP contribution in [-0.4, -0.2) is 3.21 Å².